The van der Waals surface area contributed by atoms with Crippen LogP contribution in [0.2, 0.25) is 0 Å². The predicted octanol–water partition coefficient (Wildman–Crippen LogP) is 7.30. The Morgan fingerprint density at radius 1 is 1.07 bits per heavy atom. The van der Waals surface area contributed by atoms with Gasteiger partial charge in [0.2, 0.25) is 0 Å². The summed E-state index contributed by atoms with van der Waals surface area (Å²) in [6.07, 6.45) is 18.0. The number of aliphatic hydroxyl groups excluding tert-OH is 1. The molecule has 1 aromatic carbocycles. The van der Waals surface area contributed by atoms with Crippen LogP contribution in [0.4, 0.5) is 0 Å². The van der Waals surface area contributed by atoms with Crippen molar-refractivity contribution in [2.75, 3.05) is 6.61 Å². The Morgan fingerprint density at radius 3 is 2.54 bits per heavy atom. The lowest BCUT2D eigenvalue weighted by molar-refractivity contribution is 0.327. The third-order valence-electron chi connectivity index (χ3n) is 6.13. The number of allylic oxidation sites excluding steroid dienone is 4. The molecule has 0 aliphatic heterocycles. The maximum Gasteiger partial charge on any atom is 0.0639 e. The van der Waals surface area contributed by atoms with Crippen LogP contribution in [0.5, 0.6) is 0 Å². The maximum absolute atomic E-state index is 9.22. The van der Waals surface area contributed by atoms with Crippen LogP contribution >= 0.6 is 0 Å². The molecule has 154 valence electrons. The van der Waals surface area contributed by atoms with Crippen molar-refractivity contribution in [3.8, 4) is 0 Å². The van der Waals surface area contributed by atoms with Gasteiger partial charge >= 0.3 is 0 Å². The van der Waals surface area contributed by atoms with Gasteiger partial charge in [0.05, 0.1) is 6.61 Å². The van der Waals surface area contributed by atoms with E-state index in [1.807, 2.05) is 0 Å². The van der Waals surface area contributed by atoms with Gasteiger partial charge < -0.3 is 5.11 Å². The van der Waals surface area contributed by atoms with Crippen molar-refractivity contribution in [3.05, 3.63) is 65.3 Å². The molecular formula is C27H40O. The molecule has 2 unspecified atom stereocenters. The standard InChI is InChI=1S/C27H40O/c1-5-7-8-9-10-11-25-19-23(13-12-21(3)20-28)14-17-27(25)26-16-15-24(6-2)22(4)18-26/h14-19,22,24,28H,3,5-13,20H2,1-2,4H3. The van der Waals surface area contributed by atoms with Gasteiger partial charge in [-0.25, -0.2) is 0 Å². The Kier molecular flexibility index (Phi) is 9.78. The van der Waals surface area contributed by atoms with Crippen molar-refractivity contribution in [3.63, 3.8) is 0 Å². The summed E-state index contributed by atoms with van der Waals surface area (Å²) in [4.78, 5) is 0. The zero-order valence-electron chi connectivity index (χ0n) is 18.3. The molecule has 0 amide bonds. The van der Waals surface area contributed by atoms with Crippen LogP contribution in [0.3, 0.4) is 0 Å². The van der Waals surface area contributed by atoms with Gasteiger partial charge in [0.15, 0.2) is 0 Å². The maximum atomic E-state index is 9.22. The van der Waals surface area contributed by atoms with Crippen molar-refractivity contribution in [1.29, 1.82) is 0 Å². The van der Waals surface area contributed by atoms with Gasteiger partial charge in [0.25, 0.3) is 0 Å². The van der Waals surface area contributed by atoms with Crippen LogP contribution in [-0.4, -0.2) is 11.7 Å². The largest absolute Gasteiger partial charge is 0.392 e. The molecule has 1 N–H and O–H groups in total. The van der Waals surface area contributed by atoms with Gasteiger partial charge in [-0.2, -0.15) is 0 Å². The second-order valence-corrected chi connectivity index (χ2v) is 8.48. The lowest BCUT2D eigenvalue weighted by atomic mass is 9.82. The summed E-state index contributed by atoms with van der Waals surface area (Å²) >= 11 is 0. The second kappa shape index (κ2) is 12.1. The Labute approximate surface area is 173 Å². The van der Waals surface area contributed by atoms with Crippen molar-refractivity contribution in [1.82, 2.24) is 0 Å². The van der Waals surface area contributed by atoms with Crippen molar-refractivity contribution >= 4 is 5.57 Å². The molecule has 0 saturated heterocycles. The molecule has 2 rings (SSSR count). The number of unbranched alkanes of at least 4 members (excludes halogenated alkanes) is 4. The first-order valence-electron chi connectivity index (χ1n) is 11.4. The first-order chi connectivity index (χ1) is 13.6. The molecule has 1 aromatic rings. The predicted molar refractivity (Wildman–Crippen MR) is 124 cm³/mol. The highest BCUT2D eigenvalue weighted by Gasteiger charge is 2.17. The highest BCUT2D eigenvalue weighted by molar-refractivity contribution is 5.77. The average Bonchev–Trinajstić information content (AvgIpc) is 2.71. The number of hydrogen-bond donors (Lipinski definition) is 1. The van der Waals surface area contributed by atoms with Crippen LogP contribution < -0.4 is 0 Å². The van der Waals surface area contributed by atoms with E-state index in [0.29, 0.717) is 11.8 Å². The van der Waals surface area contributed by atoms with E-state index in [-0.39, 0.29) is 6.61 Å². The van der Waals surface area contributed by atoms with Crippen LogP contribution in [-0.2, 0) is 12.8 Å². The van der Waals surface area contributed by atoms with Gasteiger partial charge in [-0.1, -0.05) is 95.0 Å². The second-order valence-electron chi connectivity index (χ2n) is 8.48. The summed E-state index contributed by atoms with van der Waals surface area (Å²) in [6, 6.07) is 7.00. The molecule has 0 bridgehead atoms. The Bertz CT molecular complexity index is 680. The molecule has 0 aromatic heterocycles. The molecule has 0 radical (unpaired) electrons. The molecule has 0 spiro atoms. The minimum atomic E-state index is 0.0938. The van der Waals surface area contributed by atoms with E-state index in [0.717, 1.165) is 24.8 Å². The fourth-order valence-electron chi connectivity index (χ4n) is 4.16. The number of rotatable bonds is 12. The van der Waals surface area contributed by atoms with E-state index in [9.17, 15) is 5.11 Å². The van der Waals surface area contributed by atoms with Gasteiger partial charge in [0.1, 0.15) is 0 Å². The Hall–Kier alpha value is -1.60. The fraction of sp³-hybridized carbons (Fsp3) is 0.556. The molecule has 1 heteroatoms. The van der Waals surface area contributed by atoms with Crippen LogP contribution in [0, 0.1) is 11.8 Å². The Balaban J connectivity index is 2.17. The summed E-state index contributed by atoms with van der Waals surface area (Å²) in [5.74, 6) is 1.28. The van der Waals surface area contributed by atoms with Crippen LogP contribution in [0.1, 0.15) is 82.4 Å². The highest BCUT2D eigenvalue weighted by atomic mass is 16.3. The molecule has 1 nitrogen and oxygen atoms in total. The zero-order valence-corrected chi connectivity index (χ0v) is 18.3. The van der Waals surface area contributed by atoms with Crippen LogP contribution in [0.15, 0.2) is 48.6 Å². The topological polar surface area (TPSA) is 20.2 Å². The minimum Gasteiger partial charge on any atom is -0.392 e. The molecule has 0 fully saturated rings. The van der Waals surface area contributed by atoms with Crippen molar-refractivity contribution in [2.24, 2.45) is 11.8 Å². The highest BCUT2D eigenvalue weighted by Crippen LogP contribution is 2.32. The summed E-state index contributed by atoms with van der Waals surface area (Å²) in [7, 11) is 0. The first kappa shape index (κ1) is 22.7. The Morgan fingerprint density at radius 2 is 1.86 bits per heavy atom. The van der Waals surface area contributed by atoms with E-state index >= 15 is 0 Å². The smallest absolute Gasteiger partial charge is 0.0639 e. The molecule has 28 heavy (non-hydrogen) atoms. The summed E-state index contributed by atoms with van der Waals surface area (Å²) in [5, 5.41) is 9.22. The third-order valence-corrected chi connectivity index (χ3v) is 6.13. The van der Waals surface area contributed by atoms with E-state index in [4.69, 9.17) is 0 Å². The van der Waals surface area contributed by atoms with E-state index in [2.05, 4.69) is 63.8 Å². The van der Waals surface area contributed by atoms with Crippen molar-refractivity contribution in [2.45, 2.75) is 78.6 Å². The fourth-order valence-corrected chi connectivity index (χ4v) is 4.16. The average molecular weight is 381 g/mol. The number of aliphatic hydroxyl groups is 1. The quantitative estimate of drug-likeness (QED) is 0.298. The molecular weight excluding hydrogens is 340 g/mol. The first-order valence-corrected chi connectivity index (χ1v) is 11.4. The van der Waals surface area contributed by atoms with Gasteiger partial charge in [0, 0.05) is 0 Å². The van der Waals surface area contributed by atoms with Crippen LogP contribution in [0.25, 0.3) is 5.57 Å². The summed E-state index contributed by atoms with van der Waals surface area (Å²) in [5.41, 5.74) is 6.58. The lowest BCUT2D eigenvalue weighted by Gasteiger charge is -2.23. The SMILES string of the molecule is C=C(CO)CCc1ccc(C2=CC(C)C(CC)C=C2)c(CCCCCCC)c1. The minimum absolute atomic E-state index is 0.0938. The van der Waals surface area contributed by atoms with Gasteiger partial charge in [-0.3, -0.25) is 0 Å². The zero-order chi connectivity index (χ0) is 20.4. The number of hydrogen-bond acceptors (Lipinski definition) is 1. The van der Waals surface area contributed by atoms with E-state index in [1.165, 1.54) is 60.8 Å². The summed E-state index contributed by atoms with van der Waals surface area (Å²) < 4.78 is 0. The monoisotopic (exact) mass is 380 g/mol. The third kappa shape index (κ3) is 6.78. The number of benzene rings is 1. The molecule has 0 saturated carbocycles. The summed E-state index contributed by atoms with van der Waals surface area (Å²) in [6.45, 7) is 10.9. The van der Waals surface area contributed by atoms with Gasteiger partial charge in [-0.15, -0.1) is 0 Å². The molecule has 2 atom stereocenters. The molecule has 0 heterocycles. The van der Waals surface area contributed by atoms with E-state index in [1.54, 1.807) is 0 Å². The lowest BCUT2D eigenvalue weighted by Crippen LogP contribution is -2.10. The van der Waals surface area contributed by atoms with Gasteiger partial charge in [-0.05, 0) is 66.2 Å². The molecule has 1 aliphatic rings. The van der Waals surface area contributed by atoms with Crippen molar-refractivity contribution < 1.29 is 5.11 Å². The van der Waals surface area contributed by atoms with E-state index < -0.39 is 0 Å². The molecule has 1 aliphatic carbocycles. The normalized spacial score (nSPS) is 18.9. The number of aryl methyl sites for hydroxylation is 2.